The molecule has 0 saturated heterocycles. The molecule has 0 saturated carbocycles. The van der Waals surface area contributed by atoms with Gasteiger partial charge in [-0.25, -0.2) is 18.4 Å². The number of rotatable bonds is 6. The maximum Gasteiger partial charge on any atom is 0.265 e. The zero-order valence-corrected chi connectivity index (χ0v) is 15.6. The van der Waals surface area contributed by atoms with Gasteiger partial charge in [-0.2, -0.15) is 8.75 Å². The summed E-state index contributed by atoms with van der Waals surface area (Å²) in [5.74, 6) is 0.427. The zero-order valence-electron chi connectivity index (χ0n) is 14.0. The van der Waals surface area contributed by atoms with Gasteiger partial charge in [-0.15, -0.1) is 6.58 Å². The van der Waals surface area contributed by atoms with E-state index in [2.05, 4.69) is 35.3 Å². The predicted octanol–water partition coefficient (Wildman–Crippen LogP) is 3.03. The van der Waals surface area contributed by atoms with Crippen molar-refractivity contribution in [2.75, 3.05) is 16.6 Å². The van der Waals surface area contributed by atoms with Crippen LogP contribution in [0, 0.1) is 0 Å². The first kappa shape index (κ1) is 17.3. The van der Waals surface area contributed by atoms with Crippen LogP contribution in [-0.2, 0) is 10.0 Å². The average molecular weight is 398 g/mol. The molecule has 4 aromatic rings. The van der Waals surface area contributed by atoms with Crippen molar-refractivity contribution in [2.45, 2.75) is 4.90 Å². The lowest BCUT2D eigenvalue weighted by Gasteiger charge is -2.13. The summed E-state index contributed by atoms with van der Waals surface area (Å²) in [4.78, 5) is 8.93. The van der Waals surface area contributed by atoms with Gasteiger partial charge >= 0.3 is 0 Å². The van der Waals surface area contributed by atoms with E-state index < -0.39 is 10.0 Å². The molecular formula is C17H14N6O2S2. The number of nitrogens with one attached hydrogen (secondary N) is 2. The van der Waals surface area contributed by atoms with E-state index in [4.69, 9.17) is 0 Å². The summed E-state index contributed by atoms with van der Waals surface area (Å²) in [7, 11) is -3.94. The van der Waals surface area contributed by atoms with Crippen LogP contribution in [0.1, 0.15) is 0 Å². The number of nitrogens with zero attached hydrogens (tertiary/aromatic N) is 4. The van der Waals surface area contributed by atoms with Gasteiger partial charge in [0.2, 0.25) is 0 Å². The molecule has 10 heteroatoms. The van der Waals surface area contributed by atoms with E-state index in [-0.39, 0.29) is 10.7 Å². The average Bonchev–Trinajstić information content (AvgIpc) is 3.14. The summed E-state index contributed by atoms with van der Waals surface area (Å²) < 4.78 is 36.7. The number of sulfonamides is 1. The van der Waals surface area contributed by atoms with Gasteiger partial charge in [0.05, 0.1) is 22.8 Å². The minimum absolute atomic E-state index is 0.0402. The second-order valence-corrected chi connectivity index (χ2v) is 7.75. The lowest BCUT2D eigenvalue weighted by Crippen LogP contribution is -2.17. The fourth-order valence-corrected chi connectivity index (χ4v) is 4.32. The van der Waals surface area contributed by atoms with Gasteiger partial charge in [0.1, 0.15) is 15.9 Å². The number of anilines is 2. The van der Waals surface area contributed by atoms with Crippen LogP contribution in [0.5, 0.6) is 0 Å². The molecule has 0 unspecified atom stereocenters. The SMILES string of the molecule is C=CCNc1nc2ccccc2nc1NS(=O)(=O)c1cccc2nsnc12. The lowest BCUT2D eigenvalue weighted by atomic mass is 10.3. The van der Waals surface area contributed by atoms with Crippen LogP contribution < -0.4 is 10.0 Å². The van der Waals surface area contributed by atoms with Gasteiger partial charge in [0, 0.05) is 6.54 Å². The Bertz CT molecular complexity index is 1250. The van der Waals surface area contributed by atoms with E-state index in [9.17, 15) is 8.42 Å². The third-order valence-electron chi connectivity index (χ3n) is 3.75. The molecule has 2 aromatic heterocycles. The molecule has 0 aliphatic rings. The van der Waals surface area contributed by atoms with Crippen molar-refractivity contribution in [3.8, 4) is 0 Å². The zero-order chi connectivity index (χ0) is 18.9. The molecule has 2 heterocycles. The molecule has 0 radical (unpaired) electrons. The molecule has 0 fully saturated rings. The lowest BCUT2D eigenvalue weighted by molar-refractivity contribution is 0.602. The van der Waals surface area contributed by atoms with Crippen LogP contribution in [0.25, 0.3) is 22.1 Å². The van der Waals surface area contributed by atoms with Crippen LogP contribution in [0.4, 0.5) is 11.6 Å². The molecule has 2 aromatic carbocycles. The third kappa shape index (κ3) is 3.32. The Balaban J connectivity index is 1.81. The largest absolute Gasteiger partial charge is 0.363 e. The first-order valence-electron chi connectivity index (χ1n) is 7.94. The van der Waals surface area contributed by atoms with Gasteiger partial charge in [0.15, 0.2) is 11.6 Å². The Morgan fingerprint density at radius 1 is 0.963 bits per heavy atom. The summed E-state index contributed by atoms with van der Waals surface area (Å²) >= 11 is 0.962. The highest BCUT2D eigenvalue weighted by Crippen LogP contribution is 2.27. The molecule has 8 nitrogen and oxygen atoms in total. The van der Waals surface area contributed by atoms with Crippen molar-refractivity contribution in [1.29, 1.82) is 0 Å². The summed E-state index contributed by atoms with van der Waals surface area (Å²) in [6.07, 6.45) is 1.65. The third-order valence-corrected chi connectivity index (χ3v) is 5.67. The van der Waals surface area contributed by atoms with Crippen molar-refractivity contribution >= 4 is 55.5 Å². The summed E-state index contributed by atoms with van der Waals surface area (Å²) in [5.41, 5.74) is 2.08. The molecule has 4 rings (SSSR count). The van der Waals surface area contributed by atoms with E-state index in [0.29, 0.717) is 34.4 Å². The molecule has 0 aliphatic carbocycles. The van der Waals surface area contributed by atoms with Crippen LogP contribution in [0.15, 0.2) is 60.0 Å². The Kier molecular flexibility index (Phi) is 4.42. The Morgan fingerprint density at radius 2 is 1.67 bits per heavy atom. The van der Waals surface area contributed by atoms with E-state index in [1.165, 1.54) is 6.07 Å². The number of hydrogen-bond donors (Lipinski definition) is 2. The molecule has 136 valence electrons. The normalized spacial score (nSPS) is 11.6. The number of benzene rings is 2. The summed E-state index contributed by atoms with van der Waals surface area (Å²) in [6, 6.07) is 12.1. The first-order valence-corrected chi connectivity index (χ1v) is 10.2. The van der Waals surface area contributed by atoms with Gasteiger partial charge in [-0.05, 0) is 24.3 Å². The molecule has 0 aliphatic heterocycles. The minimum Gasteiger partial charge on any atom is -0.363 e. The number of aromatic nitrogens is 4. The Hall–Kier alpha value is -3.11. The van der Waals surface area contributed by atoms with Gasteiger partial charge in [0.25, 0.3) is 10.0 Å². The standard InChI is InChI=1S/C17H14N6O2S2/c1-2-10-18-16-17(20-12-7-4-3-6-11(12)19-16)23-27(24,25)14-9-5-8-13-15(14)22-26-21-13/h2-9H,1,10H2,(H,18,19)(H,20,23). The van der Waals surface area contributed by atoms with Crippen LogP contribution >= 0.6 is 11.7 Å². The summed E-state index contributed by atoms with van der Waals surface area (Å²) in [5, 5.41) is 3.02. The second-order valence-electron chi connectivity index (χ2n) is 5.57. The number of hydrogen-bond acceptors (Lipinski definition) is 8. The van der Waals surface area contributed by atoms with Gasteiger partial charge in [-0.1, -0.05) is 24.3 Å². The van der Waals surface area contributed by atoms with E-state index >= 15 is 0 Å². The topological polar surface area (TPSA) is 110 Å². The highest BCUT2D eigenvalue weighted by atomic mass is 32.2. The van der Waals surface area contributed by atoms with Crippen LogP contribution in [-0.4, -0.2) is 33.7 Å². The van der Waals surface area contributed by atoms with Crippen LogP contribution in [0.3, 0.4) is 0 Å². The second kappa shape index (κ2) is 6.89. The predicted molar refractivity (Wildman–Crippen MR) is 106 cm³/mol. The van der Waals surface area contributed by atoms with Gasteiger partial charge < -0.3 is 5.32 Å². The quantitative estimate of drug-likeness (QED) is 0.480. The molecule has 0 amide bonds. The fraction of sp³-hybridized carbons (Fsp3) is 0.0588. The van der Waals surface area contributed by atoms with Crippen LogP contribution in [0.2, 0.25) is 0 Å². The molecule has 2 N–H and O–H groups in total. The molecule has 0 spiro atoms. The fourth-order valence-electron chi connectivity index (χ4n) is 2.54. The minimum atomic E-state index is -3.94. The Morgan fingerprint density at radius 3 is 2.41 bits per heavy atom. The number of fused-ring (bicyclic) bond motifs is 2. The van der Waals surface area contributed by atoms with Crippen molar-refractivity contribution in [2.24, 2.45) is 0 Å². The van der Waals surface area contributed by atoms with E-state index in [1.54, 1.807) is 30.3 Å². The first-order chi connectivity index (χ1) is 13.1. The van der Waals surface area contributed by atoms with E-state index in [0.717, 1.165) is 11.7 Å². The maximum atomic E-state index is 13.0. The van der Waals surface area contributed by atoms with Crippen molar-refractivity contribution in [3.05, 3.63) is 55.1 Å². The number of para-hydroxylation sites is 2. The molecule has 0 atom stereocenters. The van der Waals surface area contributed by atoms with Crippen molar-refractivity contribution < 1.29 is 8.42 Å². The van der Waals surface area contributed by atoms with Crippen molar-refractivity contribution in [1.82, 2.24) is 18.7 Å². The maximum absolute atomic E-state index is 13.0. The molecule has 27 heavy (non-hydrogen) atoms. The summed E-state index contributed by atoms with van der Waals surface area (Å²) in [6.45, 7) is 4.06. The smallest absolute Gasteiger partial charge is 0.265 e. The Labute approximate surface area is 159 Å². The van der Waals surface area contributed by atoms with Crippen molar-refractivity contribution in [3.63, 3.8) is 0 Å². The molecular weight excluding hydrogens is 384 g/mol. The monoisotopic (exact) mass is 398 g/mol. The van der Waals surface area contributed by atoms with Gasteiger partial charge in [-0.3, -0.25) is 4.72 Å². The highest BCUT2D eigenvalue weighted by Gasteiger charge is 2.22. The molecule has 0 bridgehead atoms. The highest BCUT2D eigenvalue weighted by molar-refractivity contribution is 7.93. The van der Waals surface area contributed by atoms with E-state index in [1.807, 2.05) is 12.1 Å².